The summed E-state index contributed by atoms with van der Waals surface area (Å²) in [5.41, 5.74) is -6.87. The molecule has 9 heteroatoms. The number of fused-ring (bicyclic) bond motifs is 1. The van der Waals surface area contributed by atoms with Crippen LogP contribution in [0.25, 0.3) is 10.8 Å². The van der Waals surface area contributed by atoms with Gasteiger partial charge in [-0.1, -0.05) is 40.2 Å². The topological polar surface area (TPSA) is 40.5 Å². The molecule has 0 saturated heterocycles. The number of hydrogen-bond acceptors (Lipinski definition) is 2. The van der Waals surface area contributed by atoms with Crippen LogP contribution in [-0.2, 0) is 5.60 Å². The molecule has 0 aliphatic heterocycles. The summed E-state index contributed by atoms with van der Waals surface area (Å²) in [7, 11) is 0. The Bertz CT molecular complexity index is 709. The second-order valence-electron chi connectivity index (χ2n) is 4.51. The first-order valence-corrected chi connectivity index (χ1v) is 6.47. The lowest BCUT2D eigenvalue weighted by Crippen LogP contribution is -2.54. The van der Waals surface area contributed by atoms with Gasteiger partial charge in [-0.05, 0) is 11.5 Å². The number of halogens is 7. The third kappa shape index (κ3) is 2.32. The number of benzene rings is 2. The Hall–Kier alpha value is -1.48. The Morgan fingerprint density at radius 2 is 1.32 bits per heavy atom. The molecule has 0 amide bonds. The largest absolute Gasteiger partial charge is 0.507 e. The number of phenolic OH excluding ortho intramolecular Hbond substituents is 1. The molecule has 0 atom stereocenters. The van der Waals surface area contributed by atoms with Crippen LogP contribution < -0.4 is 0 Å². The molecule has 0 unspecified atom stereocenters. The van der Waals surface area contributed by atoms with E-state index in [1.54, 1.807) is 0 Å². The molecule has 0 aliphatic rings. The van der Waals surface area contributed by atoms with Crippen molar-refractivity contribution in [3.63, 3.8) is 0 Å². The Morgan fingerprint density at radius 1 is 0.864 bits per heavy atom. The van der Waals surface area contributed by atoms with Crippen molar-refractivity contribution >= 4 is 26.7 Å². The maximum absolute atomic E-state index is 12.9. The monoisotopic (exact) mass is 388 g/mol. The summed E-state index contributed by atoms with van der Waals surface area (Å²) in [6, 6.07) is 5.78. The van der Waals surface area contributed by atoms with Crippen LogP contribution >= 0.6 is 15.9 Å². The van der Waals surface area contributed by atoms with Crippen LogP contribution in [0.4, 0.5) is 26.3 Å². The molecule has 0 bridgehead atoms. The average molecular weight is 389 g/mol. The van der Waals surface area contributed by atoms with Gasteiger partial charge in [-0.2, -0.15) is 26.3 Å². The lowest BCUT2D eigenvalue weighted by molar-refractivity contribution is -0.376. The van der Waals surface area contributed by atoms with E-state index < -0.39 is 29.3 Å². The fourth-order valence-electron chi connectivity index (χ4n) is 2.06. The molecular formula is C13H7BrF6O2. The molecule has 0 fully saturated rings. The summed E-state index contributed by atoms with van der Waals surface area (Å²) in [6.45, 7) is 0. The molecule has 0 heterocycles. The zero-order valence-corrected chi connectivity index (χ0v) is 12.0. The van der Waals surface area contributed by atoms with Gasteiger partial charge >= 0.3 is 12.4 Å². The molecule has 2 rings (SSSR count). The Balaban J connectivity index is 2.91. The maximum Gasteiger partial charge on any atom is 0.430 e. The fourth-order valence-corrected chi connectivity index (χ4v) is 2.63. The van der Waals surface area contributed by atoms with Gasteiger partial charge in [0.15, 0.2) is 0 Å². The minimum Gasteiger partial charge on any atom is -0.507 e. The molecular weight excluding hydrogens is 382 g/mol. The van der Waals surface area contributed by atoms with E-state index in [9.17, 15) is 36.6 Å². The molecule has 0 saturated carbocycles. The third-order valence-corrected chi connectivity index (χ3v) is 3.83. The number of phenols is 1. The van der Waals surface area contributed by atoms with Gasteiger partial charge in [-0.25, -0.2) is 0 Å². The fraction of sp³-hybridized carbons (Fsp3) is 0.231. The van der Waals surface area contributed by atoms with Crippen molar-refractivity contribution in [3.05, 3.63) is 40.4 Å². The van der Waals surface area contributed by atoms with Gasteiger partial charge in [0.05, 0.1) is 0 Å². The molecule has 0 aromatic heterocycles. The van der Waals surface area contributed by atoms with E-state index >= 15 is 0 Å². The number of rotatable bonds is 1. The SMILES string of the molecule is Oc1c(C(O)(C(F)(F)F)C(F)(F)F)cc(Br)c2ccccc12. The van der Waals surface area contributed by atoms with Crippen molar-refractivity contribution in [2.75, 3.05) is 0 Å². The van der Waals surface area contributed by atoms with Gasteiger partial charge < -0.3 is 10.2 Å². The van der Waals surface area contributed by atoms with Crippen LogP contribution in [-0.4, -0.2) is 22.6 Å². The predicted octanol–water partition coefficient (Wildman–Crippen LogP) is 4.62. The summed E-state index contributed by atoms with van der Waals surface area (Å²) in [4.78, 5) is 0. The average Bonchev–Trinajstić information content (AvgIpc) is 2.39. The normalized spacial score (nSPS) is 13.6. The lowest BCUT2D eigenvalue weighted by atomic mass is 9.89. The third-order valence-electron chi connectivity index (χ3n) is 3.18. The van der Waals surface area contributed by atoms with Crippen LogP contribution in [0.15, 0.2) is 34.8 Å². The van der Waals surface area contributed by atoms with Crippen molar-refractivity contribution in [3.8, 4) is 5.75 Å². The molecule has 2 N–H and O–H groups in total. The smallest absolute Gasteiger partial charge is 0.430 e. The maximum atomic E-state index is 12.9. The van der Waals surface area contributed by atoms with Gasteiger partial charge in [0.2, 0.25) is 0 Å². The first-order chi connectivity index (χ1) is 9.91. The Kier molecular flexibility index (Phi) is 3.85. The van der Waals surface area contributed by atoms with Gasteiger partial charge in [-0.3, -0.25) is 0 Å². The van der Waals surface area contributed by atoms with Crippen molar-refractivity contribution in [2.24, 2.45) is 0 Å². The van der Waals surface area contributed by atoms with Crippen molar-refractivity contribution in [1.82, 2.24) is 0 Å². The van der Waals surface area contributed by atoms with Gasteiger partial charge in [-0.15, -0.1) is 0 Å². The van der Waals surface area contributed by atoms with Crippen molar-refractivity contribution in [1.29, 1.82) is 0 Å². The van der Waals surface area contributed by atoms with Crippen LogP contribution in [0, 0.1) is 0 Å². The van der Waals surface area contributed by atoms with Crippen molar-refractivity contribution in [2.45, 2.75) is 18.0 Å². The Labute approximate surface area is 128 Å². The second-order valence-corrected chi connectivity index (χ2v) is 5.36. The number of aromatic hydroxyl groups is 1. The molecule has 120 valence electrons. The van der Waals surface area contributed by atoms with Crippen LogP contribution in [0.2, 0.25) is 0 Å². The minimum atomic E-state index is -6.06. The van der Waals surface area contributed by atoms with E-state index in [0.29, 0.717) is 6.07 Å². The second kappa shape index (κ2) is 5.02. The summed E-state index contributed by atoms with van der Waals surface area (Å²) >= 11 is 2.85. The molecule has 0 aliphatic carbocycles. The molecule has 0 spiro atoms. The van der Waals surface area contributed by atoms with Crippen LogP contribution in [0.3, 0.4) is 0 Å². The van der Waals surface area contributed by atoms with E-state index in [2.05, 4.69) is 15.9 Å². The van der Waals surface area contributed by atoms with Crippen LogP contribution in [0.1, 0.15) is 5.56 Å². The highest BCUT2D eigenvalue weighted by Gasteiger charge is 2.72. The first kappa shape index (κ1) is 16.9. The zero-order chi connectivity index (χ0) is 16.9. The van der Waals surface area contributed by atoms with E-state index in [4.69, 9.17) is 0 Å². The van der Waals surface area contributed by atoms with E-state index in [-0.39, 0.29) is 15.2 Å². The first-order valence-electron chi connectivity index (χ1n) is 5.67. The molecule has 2 aromatic carbocycles. The van der Waals surface area contributed by atoms with Gasteiger partial charge in [0.1, 0.15) is 5.75 Å². The zero-order valence-electron chi connectivity index (χ0n) is 10.4. The molecule has 0 radical (unpaired) electrons. The predicted molar refractivity (Wildman–Crippen MR) is 69.3 cm³/mol. The van der Waals surface area contributed by atoms with E-state index in [0.717, 1.165) is 6.07 Å². The van der Waals surface area contributed by atoms with Gasteiger partial charge in [0, 0.05) is 15.4 Å². The highest BCUT2D eigenvalue weighted by atomic mass is 79.9. The lowest BCUT2D eigenvalue weighted by Gasteiger charge is -2.33. The molecule has 2 nitrogen and oxygen atoms in total. The van der Waals surface area contributed by atoms with E-state index in [1.807, 2.05) is 0 Å². The summed E-state index contributed by atoms with van der Waals surface area (Å²) in [5, 5.41) is 19.2. The Morgan fingerprint density at radius 3 is 1.77 bits per heavy atom. The number of alkyl halides is 6. The molecule has 22 heavy (non-hydrogen) atoms. The summed E-state index contributed by atoms with van der Waals surface area (Å²) < 4.78 is 77.3. The van der Waals surface area contributed by atoms with Crippen molar-refractivity contribution < 1.29 is 36.6 Å². The van der Waals surface area contributed by atoms with Crippen LogP contribution in [0.5, 0.6) is 5.75 Å². The standard InChI is InChI=1S/C13H7BrF6O2/c14-9-5-8(10(21)7-4-2-1-3-6(7)9)11(22,12(15,16)17)13(18,19)20/h1-5,21-22H. The summed E-state index contributed by atoms with van der Waals surface area (Å²) in [6.07, 6.45) is -12.1. The highest BCUT2D eigenvalue weighted by molar-refractivity contribution is 9.10. The number of hydrogen-bond donors (Lipinski definition) is 2. The molecule has 2 aromatic rings. The minimum absolute atomic E-state index is 0.122. The van der Waals surface area contributed by atoms with E-state index in [1.165, 1.54) is 18.2 Å². The number of aliphatic hydroxyl groups is 1. The quantitative estimate of drug-likeness (QED) is 0.699. The van der Waals surface area contributed by atoms with Gasteiger partial charge in [0.25, 0.3) is 5.60 Å². The summed E-state index contributed by atoms with van der Waals surface area (Å²) in [5.74, 6) is -1.28. The highest BCUT2D eigenvalue weighted by Crippen LogP contribution is 2.54.